The maximum Gasteiger partial charge on any atom is 0.632 e. The van der Waals surface area contributed by atoms with Crippen LogP contribution in [0.3, 0.4) is 0 Å². The maximum atomic E-state index is 13.4. The number of halogens is 18. The summed E-state index contributed by atoms with van der Waals surface area (Å²) in [5.74, 6) is -3.23. The second kappa shape index (κ2) is 11.5. The minimum Gasteiger partial charge on any atom is -0.522 e. The highest BCUT2D eigenvalue weighted by molar-refractivity contribution is 6.62. The summed E-state index contributed by atoms with van der Waals surface area (Å²) in [7, 11) is -3.11. The van der Waals surface area contributed by atoms with Gasteiger partial charge in [-0.2, -0.15) is 79.0 Å². The van der Waals surface area contributed by atoms with Gasteiger partial charge in [-0.25, -0.2) is 0 Å². The van der Waals surface area contributed by atoms with Crippen molar-refractivity contribution in [1.82, 2.24) is 0 Å². The van der Waals surface area contributed by atoms with Crippen LogP contribution in [0, 0.1) is 0 Å². The molecule has 0 unspecified atom stereocenters. The Labute approximate surface area is 238 Å². The molecule has 0 bridgehead atoms. The van der Waals surface area contributed by atoms with Crippen LogP contribution in [-0.4, -0.2) is 7.12 Å². The molecule has 3 rings (SSSR count). The molecule has 3 aromatic carbocycles. The largest absolute Gasteiger partial charge is 0.632 e. The molecular formula is C24H9BF18O2. The first-order chi connectivity index (χ1) is 20.0. The van der Waals surface area contributed by atoms with Crippen LogP contribution in [0.5, 0.6) is 11.5 Å². The molecule has 0 fully saturated rings. The summed E-state index contributed by atoms with van der Waals surface area (Å²) in [6, 6.07) is -2.76. The summed E-state index contributed by atoms with van der Waals surface area (Å²) in [6.07, 6.45) is -33.5. The predicted octanol–water partition coefficient (Wildman–Crippen LogP) is 9.65. The van der Waals surface area contributed by atoms with Crippen LogP contribution in [0.1, 0.15) is 33.4 Å². The smallest absolute Gasteiger partial charge is 0.522 e. The van der Waals surface area contributed by atoms with E-state index in [2.05, 4.69) is 0 Å². The Kier molecular flexibility index (Phi) is 9.05. The molecule has 0 aromatic heterocycles. The summed E-state index contributed by atoms with van der Waals surface area (Å²) in [5, 5.41) is 0. The second-order valence-electron chi connectivity index (χ2n) is 8.89. The number of hydrogen-bond donors (Lipinski definition) is 0. The normalized spacial score (nSPS) is 13.6. The zero-order valence-corrected chi connectivity index (χ0v) is 20.9. The van der Waals surface area contributed by atoms with Gasteiger partial charge in [0, 0.05) is 5.46 Å². The standard InChI is InChI=1S/C24H9BF18O2/c26-19(27,28)10-1-11(20(29,30)31)5-16(4-10)25(44-17-6-12(21(32,33)34)2-13(7-17)22(35,36)37)45-18-8-14(23(38,39)40)3-15(9-18)24(41,42)43/h1-9H. The van der Waals surface area contributed by atoms with Crippen molar-refractivity contribution < 1.29 is 88.3 Å². The predicted molar refractivity (Wildman–Crippen MR) is 116 cm³/mol. The van der Waals surface area contributed by atoms with Crippen molar-refractivity contribution in [2.24, 2.45) is 0 Å². The van der Waals surface area contributed by atoms with Gasteiger partial charge in [0.25, 0.3) is 0 Å². The summed E-state index contributed by atoms with van der Waals surface area (Å²) in [6.45, 7) is 0. The van der Waals surface area contributed by atoms with Gasteiger partial charge in [0.2, 0.25) is 0 Å². The Hall–Kier alpha value is -3.94. The number of alkyl halides is 18. The summed E-state index contributed by atoms with van der Waals surface area (Å²) < 4.78 is 250. The minimum atomic E-state index is -5.63. The fourth-order valence-corrected chi connectivity index (χ4v) is 3.51. The van der Waals surface area contributed by atoms with Crippen LogP contribution in [0.2, 0.25) is 0 Å². The maximum absolute atomic E-state index is 13.4. The minimum absolute atomic E-state index is 0.225. The van der Waals surface area contributed by atoms with Gasteiger partial charge in [0.15, 0.2) is 0 Å². The van der Waals surface area contributed by atoms with Crippen molar-refractivity contribution >= 4 is 12.6 Å². The van der Waals surface area contributed by atoms with E-state index in [4.69, 9.17) is 9.31 Å². The van der Waals surface area contributed by atoms with Crippen LogP contribution >= 0.6 is 0 Å². The van der Waals surface area contributed by atoms with Gasteiger partial charge in [-0.05, 0) is 54.6 Å². The molecular weight excluding hydrogens is 673 g/mol. The Bertz CT molecular complexity index is 1350. The molecule has 246 valence electrons. The highest BCUT2D eigenvalue weighted by Gasteiger charge is 2.43. The van der Waals surface area contributed by atoms with Crippen LogP contribution in [0.4, 0.5) is 79.0 Å². The van der Waals surface area contributed by atoms with Gasteiger partial charge in [-0.15, -0.1) is 0 Å². The molecule has 0 amide bonds. The van der Waals surface area contributed by atoms with E-state index < -0.39 is 113 Å². The fourth-order valence-electron chi connectivity index (χ4n) is 3.51. The first kappa shape index (κ1) is 35.5. The molecule has 0 saturated heterocycles. The number of rotatable bonds is 5. The van der Waals surface area contributed by atoms with Crippen molar-refractivity contribution in [2.75, 3.05) is 0 Å². The first-order valence-corrected chi connectivity index (χ1v) is 11.3. The fraction of sp³-hybridized carbons (Fsp3) is 0.250. The zero-order chi connectivity index (χ0) is 34.6. The quantitative estimate of drug-likeness (QED) is 0.197. The van der Waals surface area contributed by atoms with Crippen molar-refractivity contribution in [3.05, 3.63) is 88.0 Å². The molecule has 0 aliphatic carbocycles. The van der Waals surface area contributed by atoms with E-state index >= 15 is 0 Å². The second-order valence-corrected chi connectivity index (χ2v) is 8.89. The van der Waals surface area contributed by atoms with E-state index in [1.165, 1.54) is 0 Å². The molecule has 0 spiro atoms. The monoisotopic (exact) mass is 682 g/mol. The molecule has 0 atom stereocenters. The average molecular weight is 682 g/mol. The molecule has 0 heterocycles. The van der Waals surface area contributed by atoms with E-state index in [0.717, 1.165) is 0 Å². The molecule has 45 heavy (non-hydrogen) atoms. The lowest BCUT2D eigenvalue weighted by Crippen LogP contribution is -2.44. The van der Waals surface area contributed by atoms with Crippen LogP contribution in [-0.2, 0) is 37.1 Å². The van der Waals surface area contributed by atoms with Gasteiger partial charge >= 0.3 is 44.2 Å². The molecule has 0 aliphatic rings. The van der Waals surface area contributed by atoms with Gasteiger partial charge in [-0.3, -0.25) is 0 Å². The third-order valence-corrected chi connectivity index (χ3v) is 5.49. The molecule has 0 N–H and O–H groups in total. The molecule has 0 aliphatic heterocycles. The van der Waals surface area contributed by atoms with Crippen molar-refractivity contribution in [1.29, 1.82) is 0 Å². The topological polar surface area (TPSA) is 18.5 Å². The van der Waals surface area contributed by atoms with Crippen LogP contribution in [0.25, 0.3) is 0 Å². The molecule has 0 radical (unpaired) electrons. The van der Waals surface area contributed by atoms with E-state index in [1.54, 1.807) is 0 Å². The van der Waals surface area contributed by atoms with E-state index in [9.17, 15) is 79.0 Å². The Morgan fingerprint density at radius 2 is 0.511 bits per heavy atom. The third-order valence-electron chi connectivity index (χ3n) is 5.49. The summed E-state index contributed by atoms with van der Waals surface area (Å²) in [5.41, 5.74) is -14.3. The molecule has 2 nitrogen and oxygen atoms in total. The van der Waals surface area contributed by atoms with Gasteiger partial charge in [0.05, 0.1) is 33.4 Å². The molecule has 0 saturated carbocycles. The van der Waals surface area contributed by atoms with Gasteiger partial charge < -0.3 is 9.31 Å². The zero-order valence-electron chi connectivity index (χ0n) is 20.9. The van der Waals surface area contributed by atoms with E-state index in [1.807, 2.05) is 0 Å². The third kappa shape index (κ3) is 9.06. The van der Waals surface area contributed by atoms with Gasteiger partial charge in [0.1, 0.15) is 11.5 Å². The highest BCUT2D eigenvalue weighted by atomic mass is 19.4. The highest BCUT2D eigenvalue weighted by Crippen LogP contribution is 2.41. The first-order valence-electron chi connectivity index (χ1n) is 11.3. The van der Waals surface area contributed by atoms with Gasteiger partial charge in [-0.1, -0.05) is 0 Å². The lowest BCUT2D eigenvalue weighted by Gasteiger charge is -2.22. The molecule has 3 aromatic rings. The van der Waals surface area contributed by atoms with Crippen molar-refractivity contribution in [2.45, 2.75) is 37.1 Å². The average Bonchev–Trinajstić information content (AvgIpc) is 2.84. The number of hydrogen-bond acceptors (Lipinski definition) is 2. The van der Waals surface area contributed by atoms with Crippen molar-refractivity contribution in [3.8, 4) is 11.5 Å². The lowest BCUT2D eigenvalue weighted by molar-refractivity contribution is -0.144. The summed E-state index contributed by atoms with van der Waals surface area (Å²) in [4.78, 5) is 0. The van der Waals surface area contributed by atoms with Crippen LogP contribution in [0.15, 0.2) is 54.6 Å². The SMILES string of the molecule is FC(F)(F)c1cc(OB(Oc2cc(C(F)(F)F)cc(C(F)(F)F)c2)c2cc(C(F)(F)F)cc(C(F)(F)F)c2)cc(C(F)(F)F)c1. The van der Waals surface area contributed by atoms with Crippen molar-refractivity contribution in [3.63, 3.8) is 0 Å². The lowest BCUT2D eigenvalue weighted by atomic mass is 9.76. The Balaban J connectivity index is 2.33. The van der Waals surface area contributed by atoms with E-state index in [0.29, 0.717) is 0 Å². The Morgan fingerprint density at radius 3 is 0.711 bits per heavy atom. The van der Waals surface area contributed by atoms with E-state index in [-0.39, 0.29) is 36.4 Å². The Morgan fingerprint density at radius 1 is 0.311 bits per heavy atom. The number of benzene rings is 3. The molecule has 21 heteroatoms. The van der Waals surface area contributed by atoms with Crippen LogP contribution < -0.4 is 14.8 Å². The summed E-state index contributed by atoms with van der Waals surface area (Å²) >= 11 is 0.